The minimum absolute atomic E-state index is 0.311. The Hall–Kier alpha value is -1.58. The van der Waals surface area contributed by atoms with Crippen LogP contribution in [0.3, 0.4) is 0 Å². The number of alkyl halides is 3. The highest BCUT2D eigenvalue weighted by Gasteiger charge is 2.38. The Morgan fingerprint density at radius 3 is 2.20 bits per heavy atom. The Balaban J connectivity index is 2.91. The summed E-state index contributed by atoms with van der Waals surface area (Å²) in [5, 5.41) is 0. The van der Waals surface area contributed by atoms with Gasteiger partial charge in [0, 0.05) is 5.57 Å². The Labute approximate surface area is 85.2 Å². The third-order valence-electron chi connectivity index (χ3n) is 1.80. The van der Waals surface area contributed by atoms with Gasteiger partial charge in [-0.1, -0.05) is 30.3 Å². The maximum absolute atomic E-state index is 12.0. The van der Waals surface area contributed by atoms with Crippen molar-refractivity contribution in [3.63, 3.8) is 0 Å². The summed E-state index contributed by atoms with van der Waals surface area (Å²) in [7, 11) is 0. The molecular formula is C11H9F3O. The molecule has 1 aromatic carbocycles. The number of ketones is 1. The monoisotopic (exact) mass is 214 g/mol. The Kier molecular flexibility index (Phi) is 3.29. The SMILES string of the molecule is CC(=Cc1ccccc1)C(=O)C(F)(F)F. The molecule has 0 atom stereocenters. The van der Waals surface area contributed by atoms with Crippen LogP contribution in [0.4, 0.5) is 13.2 Å². The summed E-state index contributed by atoms with van der Waals surface area (Å²) in [6, 6.07) is 8.40. The van der Waals surface area contributed by atoms with Gasteiger partial charge in [-0.25, -0.2) is 0 Å². The van der Waals surface area contributed by atoms with Crippen molar-refractivity contribution < 1.29 is 18.0 Å². The van der Waals surface area contributed by atoms with E-state index in [0.29, 0.717) is 5.56 Å². The summed E-state index contributed by atoms with van der Waals surface area (Å²) in [5.74, 6) is -1.80. The maximum atomic E-state index is 12.0. The number of Topliss-reactive ketones (excluding diaryl/α,β-unsaturated/α-hetero) is 1. The van der Waals surface area contributed by atoms with E-state index in [2.05, 4.69) is 0 Å². The third-order valence-corrected chi connectivity index (χ3v) is 1.80. The molecule has 0 saturated carbocycles. The second-order valence-electron chi connectivity index (χ2n) is 3.06. The molecule has 1 nitrogen and oxygen atoms in total. The van der Waals surface area contributed by atoms with Gasteiger partial charge in [-0.3, -0.25) is 4.79 Å². The molecular weight excluding hydrogens is 205 g/mol. The molecule has 0 unspecified atom stereocenters. The molecule has 0 spiro atoms. The van der Waals surface area contributed by atoms with Crippen molar-refractivity contribution in [3.8, 4) is 0 Å². The Morgan fingerprint density at radius 1 is 1.20 bits per heavy atom. The summed E-state index contributed by atoms with van der Waals surface area (Å²) in [4.78, 5) is 10.8. The van der Waals surface area contributed by atoms with E-state index in [4.69, 9.17) is 0 Å². The minimum Gasteiger partial charge on any atom is -0.284 e. The average Bonchev–Trinajstić information content (AvgIpc) is 2.16. The molecule has 0 aromatic heterocycles. The largest absolute Gasteiger partial charge is 0.454 e. The number of carbonyl (C=O) groups is 1. The zero-order valence-electron chi connectivity index (χ0n) is 8.01. The summed E-state index contributed by atoms with van der Waals surface area (Å²) < 4.78 is 36.0. The fourth-order valence-electron chi connectivity index (χ4n) is 1.09. The molecule has 0 aliphatic heterocycles. The smallest absolute Gasteiger partial charge is 0.284 e. The molecule has 0 aliphatic rings. The van der Waals surface area contributed by atoms with E-state index >= 15 is 0 Å². The molecule has 0 bridgehead atoms. The summed E-state index contributed by atoms with van der Waals surface area (Å²) in [5.41, 5.74) is 0.265. The standard InChI is InChI=1S/C11H9F3O/c1-8(10(15)11(12,13)14)7-9-5-3-2-4-6-9/h2-7H,1H3. The first-order chi connectivity index (χ1) is 6.91. The van der Waals surface area contributed by atoms with Crippen LogP contribution in [-0.2, 0) is 4.79 Å². The Morgan fingerprint density at radius 2 is 1.73 bits per heavy atom. The van der Waals surface area contributed by atoms with Crippen molar-refractivity contribution in [2.24, 2.45) is 0 Å². The van der Waals surface area contributed by atoms with Crippen molar-refractivity contribution in [2.45, 2.75) is 13.1 Å². The van der Waals surface area contributed by atoms with Crippen LogP contribution in [0, 0.1) is 0 Å². The van der Waals surface area contributed by atoms with E-state index in [1.165, 1.54) is 6.08 Å². The van der Waals surface area contributed by atoms with Crippen molar-refractivity contribution in [1.29, 1.82) is 0 Å². The molecule has 0 radical (unpaired) electrons. The minimum atomic E-state index is -4.80. The third kappa shape index (κ3) is 3.23. The summed E-state index contributed by atoms with van der Waals surface area (Å²) in [6.07, 6.45) is -3.58. The van der Waals surface area contributed by atoms with Crippen molar-refractivity contribution in [1.82, 2.24) is 0 Å². The predicted molar refractivity (Wildman–Crippen MR) is 51.2 cm³/mol. The lowest BCUT2D eigenvalue weighted by atomic mass is 10.1. The highest BCUT2D eigenvalue weighted by molar-refractivity contribution is 6.02. The van der Waals surface area contributed by atoms with Crippen LogP contribution in [0.25, 0.3) is 6.08 Å². The average molecular weight is 214 g/mol. The lowest BCUT2D eigenvalue weighted by Gasteiger charge is -2.04. The van der Waals surface area contributed by atoms with E-state index < -0.39 is 12.0 Å². The van der Waals surface area contributed by atoms with E-state index in [9.17, 15) is 18.0 Å². The highest BCUT2D eigenvalue weighted by atomic mass is 19.4. The van der Waals surface area contributed by atoms with Crippen LogP contribution in [0.2, 0.25) is 0 Å². The van der Waals surface area contributed by atoms with Crippen molar-refractivity contribution >= 4 is 11.9 Å². The lowest BCUT2D eigenvalue weighted by Crippen LogP contribution is -2.23. The van der Waals surface area contributed by atoms with Gasteiger partial charge < -0.3 is 0 Å². The highest BCUT2D eigenvalue weighted by Crippen LogP contribution is 2.21. The van der Waals surface area contributed by atoms with Crippen molar-refractivity contribution in [2.75, 3.05) is 0 Å². The van der Waals surface area contributed by atoms with E-state index in [1.54, 1.807) is 30.3 Å². The molecule has 0 amide bonds. The van der Waals surface area contributed by atoms with Crippen LogP contribution >= 0.6 is 0 Å². The molecule has 80 valence electrons. The number of rotatable bonds is 2. The van der Waals surface area contributed by atoms with Crippen LogP contribution in [0.5, 0.6) is 0 Å². The molecule has 0 heterocycles. The molecule has 0 fully saturated rings. The fourth-order valence-corrected chi connectivity index (χ4v) is 1.09. The van der Waals surface area contributed by atoms with Gasteiger partial charge in [0.15, 0.2) is 0 Å². The number of hydrogen-bond donors (Lipinski definition) is 0. The quantitative estimate of drug-likeness (QED) is 0.691. The van der Waals surface area contributed by atoms with Gasteiger partial charge in [0.05, 0.1) is 0 Å². The van der Waals surface area contributed by atoms with Crippen LogP contribution in [0.15, 0.2) is 35.9 Å². The summed E-state index contributed by atoms with van der Waals surface area (Å²) in [6.45, 7) is 1.16. The van der Waals surface area contributed by atoms with E-state index in [-0.39, 0.29) is 5.57 Å². The molecule has 4 heteroatoms. The van der Waals surface area contributed by atoms with Gasteiger partial charge in [-0.15, -0.1) is 0 Å². The van der Waals surface area contributed by atoms with Gasteiger partial charge in [0.25, 0.3) is 5.78 Å². The molecule has 1 aromatic rings. The molecule has 0 aliphatic carbocycles. The van der Waals surface area contributed by atoms with Crippen LogP contribution in [-0.4, -0.2) is 12.0 Å². The molecule has 0 saturated heterocycles. The molecule has 1 rings (SSSR count). The second kappa shape index (κ2) is 4.29. The number of benzene rings is 1. The van der Waals surface area contributed by atoms with E-state index in [1.807, 2.05) is 0 Å². The van der Waals surface area contributed by atoms with Gasteiger partial charge >= 0.3 is 6.18 Å². The van der Waals surface area contributed by atoms with E-state index in [0.717, 1.165) is 6.92 Å². The van der Waals surface area contributed by atoms with Gasteiger partial charge in [0.1, 0.15) is 0 Å². The first kappa shape index (κ1) is 11.5. The van der Waals surface area contributed by atoms with Crippen LogP contribution in [0.1, 0.15) is 12.5 Å². The van der Waals surface area contributed by atoms with Gasteiger partial charge in [-0.05, 0) is 18.6 Å². The topological polar surface area (TPSA) is 17.1 Å². The maximum Gasteiger partial charge on any atom is 0.454 e. The summed E-state index contributed by atoms with van der Waals surface area (Å²) >= 11 is 0. The first-order valence-electron chi connectivity index (χ1n) is 4.26. The predicted octanol–water partition coefficient (Wildman–Crippen LogP) is 3.22. The van der Waals surface area contributed by atoms with Crippen LogP contribution < -0.4 is 0 Å². The number of allylic oxidation sites excluding steroid dienone is 1. The van der Waals surface area contributed by atoms with Gasteiger partial charge in [-0.2, -0.15) is 13.2 Å². The first-order valence-corrected chi connectivity index (χ1v) is 4.26. The zero-order chi connectivity index (χ0) is 11.5. The molecule has 0 N–H and O–H groups in total. The fraction of sp³-hybridized carbons (Fsp3) is 0.182. The Bertz CT molecular complexity index is 377. The van der Waals surface area contributed by atoms with Gasteiger partial charge in [0.2, 0.25) is 0 Å². The molecule has 15 heavy (non-hydrogen) atoms. The normalized spacial score (nSPS) is 12.7. The number of halogens is 3. The number of carbonyl (C=O) groups excluding carboxylic acids is 1. The van der Waals surface area contributed by atoms with Crippen molar-refractivity contribution in [3.05, 3.63) is 41.5 Å². The zero-order valence-corrected chi connectivity index (χ0v) is 8.01. The lowest BCUT2D eigenvalue weighted by molar-refractivity contribution is -0.166. The number of hydrogen-bond acceptors (Lipinski definition) is 1. The second-order valence-corrected chi connectivity index (χ2v) is 3.06.